The summed E-state index contributed by atoms with van der Waals surface area (Å²) in [6, 6.07) is 9.54. The third-order valence-electron chi connectivity index (χ3n) is 4.07. The first-order valence-electron chi connectivity index (χ1n) is 8.48. The Hall–Kier alpha value is -3.81. The number of hydrogen-bond donors (Lipinski definition) is 3. The molecule has 0 saturated carbocycles. The largest absolute Gasteiger partial charge is 0.466 e. The van der Waals surface area contributed by atoms with Crippen molar-refractivity contribution in [2.75, 3.05) is 5.32 Å². The smallest absolute Gasteiger partial charge is 0.291 e. The van der Waals surface area contributed by atoms with Gasteiger partial charge in [0.2, 0.25) is 0 Å². The van der Waals surface area contributed by atoms with Crippen LogP contribution < -0.4 is 16.2 Å². The molecule has 0 saturated heterocycles. The van der Waals surface area contributed by atoms with Crippen LogP contribution in [-0.2, 0) is 0 Å². The van der Waals surface area contributed by atoms with Gasteiger partial charge >= 0.3 is 0 Å². The maximum Gasteiger partial charge on any atom is 0.291 e. The summed E-state index contributed by atoms with van der Waals surface area (Å²) in [5, 5.41) is 2.70. The Balaban J connectivity index is 1.67. The molecular formula is C20H19N3O5. The normalized spacial score (nSPS) is 10.4. The van der Waals surface area contributed by atoms with E-state index < -0.39 is 17.7 Å². The van der Waals surface area contributed by atoms with E-state index in [0.29, 0.717) is 22.8 Å². The number of anilines is 1. The molecule has 3 N–H and O–H groups in total. The molecule has 28 heavy (non-hydrogen) atoms. The predicted molar refractivity (Wildman–Crippen MR) is 101 cm³/mol. The summed E-state index contributed by atoms with van der Waals surface area (Å²) >= 11 is 0. The zero-order chi connectivity index (χ0) is 20.3. The van der Waals surface area contributed by atoms with E-state index in [1.165, 1.54) is 18.4 Å². The number of carbonyl (C=O) groups excluding carboxylic acids is 3. The number of carbonyl (C=O) groups is 3. The van der Waals surface area contributed by atoms with Crippen LogP contribution in [0.25, 0.3) is 0 Å². The summed E-state index contributed by atoms with van der Waals surface area (Å²) in [6.07, 6.45) is 1.40. The van der Waals surface area contributed by atoms with Gasteiger partial charge in [-0.15, -0.1) is 0 Å². The van der Waals surface area contributed by atoms with E-state index in [2.05, 4.69) is 16.2 Å². The molecule has 0 aliphatic heterocycles. The van der Waals surface area contributed by atoms with Gasteiger partial charge in [0.1, 0.15) is 11.5 Å². The van der Waals surface area contributed by atoms with Gasteiger partial charge in [0.15, 0.2) is 5.76 Å². The van der Waals surface area contributed by atoms with Gasteiger partial charge in [-0.1, -0.05) is 6.07 Å². The monoisotopic (exact) mass is 381 g/mol. The van der Waals surface area contributed by atoms with Crippen molar-refractivity contribution in [3.05, 3.63) is 76.6 Å². The molecule has 0 bridgehead atoms. The second-order valence-corrected chi connectivity index (χ2v) is 6.20. The number of amides is 3. The molecule has 1 aromatic carbocycles. The minimum atomic E-state index is -0.528. The molecule has 0 atom stereocenters. The molecule has 3 aromatic rings. The Morgan fingerprint density at radius 2 is 1.64 bits per heavy atom. The third kappa shape index (κ3) is 4.12. The van der Waals surface area contributed by atoms with Crippen molar-refractivity contribution in [2.24, 2.45) is 0 Å². The van der Waals surface area contributed by atoms with Gasteiger partial charge in [-0.3, -0.25) is 25.2 Å². The van der Waals surface area contributed by atoms with Crippen molar-refractivity contribution in [3.63, 3.8) is 0 Å². The first-order valence-corrected chi connectivity index (χ1v) is 8.48. The Kier molecular flexibility index (Phi) is 5.30. The molecule has 2 aromatic heterocycles. The second-order valence-electron chi connectivity index (χ2n) is 6.20. The van der Waals surface area contributed by atoms with Crippen LogP contribution in [0.3, 0.4) is 0 Å². The minimum Gasteiger partial charge on any atom is -0.466 e. The minimum absolute atomic E-state index is 0.160. The highest BCUT2D eigenvalue weighted by molar-refractivity contribution is 6.04. The van der Waals surface area contributed by atoms with Crippen molar-refractivity contribution in [1.82, 2.24) is 10.9 Å². The average molecular weight is 381 g/mol. The van der Waals surface area contributed by atoms with Gasteiger partial charge in [-0.05, 0) is 56.7 Å². The highest BCUT2D eigenvalue weighted by Gasteiger charge is 2.16. The summed E-state index contributed by atoms with van der Waals surface area (Å²) in [5.41, 5.74) is 6.53. The van der Waals surface area contributed by atoms with Crippen molar-refractivity contribution < 1.29 is 23.2 Å². The molecule has 0 fully saturated rings. The van der Waals surface area contributed by atoms with E-state index in [1.807, 2.05) is 0 Å². The van der Waals surface area contributed by atoms with Crippen molar-refractivity contribution in [2.45, 2.75) is 20.8 Å². The fourth-order valence-corrected chi connectivity index (χ4v) is 2.60. The summed E-state index contributed by atoms with van der Waals surface area (Å²) in [7, 11) is 0. The van der Waals surface area contributed by atoms with Crippen molar-refractivity contribution >= 4 is 23.4 Å². The number of furan rings is 2. The number of hydrogen-bond acceptors (Lipinski definition) is 5. The van der Waals surface area contributed by atoms with Crippen LogP contribution in [0.2, 0.25) is 0 Å². The predicted octanol–water partition coefficient (Wildman–Crippen LogP) is 3.12. The summed E-state index contributed by atoms with van der Waals surface area (Å²) in [4.78, 5) is 36.7. The molecule has 8 heteroatoms. The van der Waals surface area contributed by atoms with Gasteiger partial charge in [0.05, 0.1) is 11.8 Å². The summed E-state index contributed by atoms with van der Waals surface area (Å²) < 4.78 is 10.4. The van der Waals surface area contributed by atoms with Crippen molar-refractivity contribution in [1.29, 1.82) is 0 Å². The van der Waals surface area contributed by atoms with Gasteiger partial charge in [0, 0.05) is 11.3 Å². The van der Waals surface area contributed by atoms with E-state index in [9.17, 15) is 14.4 Å². The topological polar surface area (TPSA) is 114 Å². The highest BCUT2D eigenvalue weighted by atomic mass is 16.3. The molecule has 0 aliphatic rings. The lowest BCUT2D eigenvalue weighted by Gasteiger charge is -2.11. The van der Waals surface area contributed by atoms with Crippen LogP contribution in [0.5, 0.6) is 0 Å². The Morgan fingerprint density at radius 3 is 2.29 bits per heavy atom. The number of benzene rings is 1. The molecule has 0 radical (unpaired) electrons. The zero-order valence-electron chi connectivity index (χ0n) is 15.6. The average Bonchev–Trinajstić information content (AvgIpc) is 3.30. The van der Waals surface area contributed by atoms with E-state index in [0.717, 1.165) is 5.56 Å². The highest BCUT2D eigenvalue weighted by Crippen LogP contribution is 2.18. The Morgan fingerprint density at radius 1 is 0.893 bits per heavy atom. The standard InChI is InChI=1S/C20H19N3O5/c1-11-6-7-14(10-16(11)21-20(26)17-5-4-8-27-17)18(24)22-23-19(25)15-9-12(2)28-13(15)3/h4-10H,1-3H3,(H,21,26)(H,22,24)(H,23,25). The van der Waals surface area contributed by atoms with Gasteiger partial charge in [0.25, 0.3) is 17.7 Å². The molecule has 0 aliphatic carbocycles. The molecule has 8 nitrogen and oxygen atoms in total. The van der Waals surface area contributed by atoms with Crippen LogP contribution in [0.15, 0.2) is 51.5 Å². The zero-order valence-corrected chi connectivity index (χ0v) is 15.6. The van der Waals surface area contributed by atoms with Crippen LogP contribution in [-0.4, -0.2) is 17.7 Å². The second kappa shape index (κ2) is 7.83. The number of rotatable bonds is 4. The first kappa shape index (κ1) is 19.0. The summed E-state index contributed by atoms with van der Waals surface area (Å²) in [6.45, 7) is 5.19. The maximum absolute atomic E-state index is 12.4. The Labute approximate surface area is 160 Å². The molecule has 3 rings (SSSR count). The lowest BCUT2D eigenvalue weighted by atomic mass is 10.1. The fraction of sp³-hybridized carbons (Fsp3) is 0.150. The molecule has 0 spiro atoms. The molecule has 144 valence electrons. The molecule has 3 amide bonds. The van der Waals surface area contributed by atoms with Gasteiger partial charge in [-0.25, -0.2) is 0 Å². The lowest BCUT2D eigenvalue weighted by Crippen LogP contribution is -2.41. The van der Waals surface area contributed by atoms with Crippen molar-refractivity contribution in [3.8, 4) is 0 Å². The lowest BCUT2D eigenvalue weighted by molar-refractivity contribution is 0.0845. The van der Waals surface area contributed by atoms with E-state index in [-0.39, 0.29) is 11.3 Å². The molecule has 2 heterocycles. The van der Waals surface area contributed by atoms with Crippen LogP contribution in [0.4, 0.5) is 5.69 Å². The number of hydrazine groups is 1. The maximum atomic E-state index is 12.4. The van der Waals surface area contributed by atoms with E-state index in [4.69, 9.17) is 8.83 Å². The molecule has 0 unspecified atom stereocenters. The van der Waals surface area contributed by atoms with Crippen LogP contribution >= 0.6 is 0 Å². The van der Waals surface area contributed by atoms with E-state index >= 15 is 0 Å². The summed E-state index contributed by atoms with van der Waals surface area (Å²) in [5.74, 6) is -0.218. The SMILES string of the molecule is Cc1cc(C(=O)NNC(=O)c2ccc(C)c(NC(=O)c3ccco3)c2)c(C)o1. The Bertz CT molecular complexity index is 1030. The van der Waals surface area contributed by atoms with Crippen LogP contribution in [0, 0.1) is 20.8 Å². The third-order valence-corrected chi connectivity index (χ3v) is 4.07. The fourth-order valence-electron chi connectivity index (χ4n) is 2.60. The number of nitrogens with one attached hydrogen (secondary N) is 3. The first-order chi connectivity index (χ1) is 13.3. The quantitative estimate of drug-likeness (QED) is 0.601. The van der Waals surface area contributed by atoms with Gasteiger partial charge in [-0.2, -0.15) is 0 Å². The number of aryl methyl sites for hydroxylation is 3. The van der Waals surface area contributed by atoms with Crippen LogP contribution in [0.1, 0.15) is 48.4 Å². The molecular weight excluding hydrogens is 362 g/mol. The van der Waals surface area contributed by atoms with E-state index in [1.54, 1.807) is 45.0 Å². The van der Waals surface area contributed by atoms with Gasteiger partial charge < -0.3 is 14.2 Å².